The molecule has 0 unspecified atom stereocenters. The standard InChI is InChI=1S/C16H23N3O2/c1-11(2)19-9-13(8-17-19)21-15-7-12(10-20)6-14(18-15)16(3,4)5/h6-9,11,20H,10H2,1-5H3. The Morgan fingerprint density at radius 1 is 1.29 bits per heavy atom. The van der Waals surface area contributed by atoms with Gasteiger partial charge >= 0.3 is 0 Å². The molecule has 5 nitrogen and oxygen atoms in total. The van der Waals surface area contributed by atoms with E-state index in [2.05, 4.69) is 44.7 Å². The van der Waals surface area contributed by atoms with Crippen LogP contribution in [0.4, 0.5) is 0 Å². The Kier molecular flexibility index (Phi) is 4.32. The maximum atomic E-state index is 9.40. The van der Waals surface area contributed by atoms with Crippen LogP contribution in [-0.4, -0.2) is 19.9 Å². The van der Waals surface area contributed by atoms with Crippen LogP contribution in [0, 0.1) is 0 Å². The molecule has 0 bridgehead atoms. The van der Waals surface area contributed by atoms with E-state index in [1.54, 1.807) is 12.3 Å². The van der Waals surface area contributed by atoms with Gasteiger partial charge in [-0.2, -0.15) is 5.10 Å². The lowest BCUT2D eigenvalue weighted by Crippen LogP contribution is -2.14. The van der Waals surface area contributed by atoms with Gasteiger partial charge in [0.25, 0.3) is 0 Å². The minimum absolute atomic E-state index is 0.0345. The number of hydrogen-bond acceptors (Lipinski definition) is 4. The van der Waals surface area contributed by atoms with Crippen LogP contribution in [0.1, 0.15) is 51.9 Å². The summed E-state index contributed by atoms with van der Waals surface area (Å²) in [4.78, 5) is 4.53. The van der Waals surface area contributed by atoms with Gasteiger partial charge in [0, 0.05) is 17.5 Å². The number of aliphatic hydroxyl groups excluding tert-OH is 1. The molecule has 2 aromatic heterocycles. The highest BCUT2D eigenvalue weighted by atomic mass is 16.5. The molecule has 0 aliphatic heterocycles. The first-order valence-corrected chi connectivity index (χ1v) is 7.14. The Bertz CT molecular complexity index is 612. The molecule has 0 amide bonds. The zero-order valence-corrected chi connectivity index (χ0v) is 13.3. The molecule has 114 valence electrons. The molecule has 2 heterocycles. The van der Waals surface area contributed by atoms with Crippen molar-refractivity contribution in [1.29, 1.82) is 0 Å². The number of hydrogen-bond donors (Lipinski definition) is 1. The van der Waals surface area contributed by atoms with E-state index in [-0.39, 0.29) is 18.1 Å². The minimum Gasteiger partial charge on any atom is -0.436 e. The molecule has 0 saturated carbocycles. The quantitative estimate of drug-likeness (QED) is 0.936. The second kappa shape index (κ2) is 5.85. The number of aliphatic hydroxyl groups is 1. The average Bonchev–Trinajstić information content (AvgIpc) is 2.86. The molecule has 0 aliphatic carbocycles. The van der Waals surface area contributed by atoms with Crippen LogP contribution < -0.4 is 4.74 Å². The van der Waals surface area contributed by atoms with Gasteiger partial charge in [0.1, 0.15) is 0 Å². The van der Waals surface area contributed by atoms with Crippen molar-refractivity contribution < 1.29 is 9.84 Å². The summed E-state index contributed by atoms with van der Waals surface area (Å²) in [6, 6.07) is 3.94. The Hall–Kier alpha value is -1.88. The molecule has 0 aliphatic rings. The van der Waals surface area contributed by atoms with Gasteiger partial charge in [-0.15, -0.1) is 0 Å². The van der Waals surface area contributed by atoms with Crippen molar-refractivity contribution in [3.63, 3.8) is 0 Å². The number of aromatic nitrogens is 3. The fourth-order valence-electron chi connectivity index (χ4n) is 1.86. The van der Waals surface area contributed by atoms with Crippen LogP contribution in [0.5, 0.6) is 11.6 Å². The number of rotatable bonds is 4. The molecule has 0 fully saturated rings. The highest BCUT2D eigenvalue weighted by Gasteiger charge is 2.18. The van der Waals surface area contributed by atoms with Crippen LogP contribution in [-0.2, 0) is 12.0 Å². The molecule has 0 atom stereocenters. The van der Waals surface area contributed by atoms with Crippen molar-refractivity contribution >= 4 is 0 Å². The summed E-state index contributed by atoms with van der Waals surface area (Å²) in [5, 5.41) is 13.6. The van der Waals surface area contributed by atoms with E-state index in [1.807, 2.05) is 16.9 Å². The molecule has 21 heavy (non-hydrogen) atoms. The molecule has 2 rings (SSSR count). The first-order valence-electron chi connectivity index (χ1n) is 7.14. The fraction of sp³-hybridized carbons (Fsp3) is 0.500. The van der Waals surface area contributed by atoms with E-state index in [0.717, 1.165) is 11.3 Å². The number of ether oxygens (including phenoxy) is 1. The predicted octanol–water partition coefficient (Wildman–Crippen LogP) is 3.44. The molecule has 0 saturated heterocycles. The minimum atomic E-state index is -0.106. The second-order valence-corrected chi connectivity index (χ2v) is 6.46. The fourth-order valence-corrected chi connectivity index (χ4v) is 1.86. The number of nitrogens with zero attached hydrogens (tertiary/aromatic N) is 3. The van der Waals surface area contributed by atoms with Crippen LogP contribution in [0.25, 0.3) is 0 Å². The van der Waals surface area contributed by atoms with E-state index >= 15 is 0 Å². The number of pyridine rings is 1. The summed E-state index contributed by atoms with van der Waals surface area (Å²) in [6.07, 6.45) is 3.51. The summed E-state index contributed by atoms with van der Waals surface area (Å²) >= 11 is 0. The van der Waals surface area contributed by atoms with Crippen LogP contribution >= 0.6 is 0 Å². The van der Waals surface area contributed by atoms with Crippen molar-refractivity contribution in [3.8, 4) is 11.6 Å². The molecular formula is C16H23N3O2. The van der Waals surface area contributed by atoms with E-state index in [4.69, 9.17) is 4.74 Å². The third kappa shape index (κ3) is 3.82. The smallest absolute Gasteiger partial charge is 0.219 e. The van der Waals surface area contributed by atoms with E-state index in [0.29, 0.717) is 11.6 Å². The van der Waals surface area contributed by atoms with Gasteiger partial charge < -0.3 is 9.84 Å². The molecule has 1 N–H and O–H groups in total. The lowest BCUT2D eigenvalue weighted by molar-refractivity contribution is 0.280. The maximum absolute atomic E-state index is 9.40. The van der Waals surface area contributed by atoms with Gasteiger partial charge in [0.15, 0.2) is 5.75 Å². The zero-order chi connectivity index (χ0) is 15.6. The van der Waals surface area contributed by atoms with Crippen molar-refractivity contribution in [2.75, 3.05) is 0 Å². The first-order chi connectivity index (χ1) is 9.79. The van der Waals surface area contributed by atoms with Crippen molar-refractivity contribution in [2.45, 2.75) is 52.7 Å². The summed E-state index contributed by atoms with van der Waals surface area (Å²) in [5.74, 6) is 1.13. The van der Waals surface area contributed by atoms with Crippen LogP contribution in [0.15, 0.2) is 24.5 Å². The highest BCUT2D eigenvalue weighted by molar-refractivity contribution is 5.31. The molecule has 2 aromatic rings. The van der Waals surface area contributed by atoms with Gasteiger partial charge in [-0.3, -0.25) is 4.68 Å². The lowest BCUT2D eigenvalue weighted by atomic mass is 9.91. The topological polar surface area (TPSA) is 60.2 Å². The van der Waals surface area contributed by atoms with Gasteiger partial charge in [-0.1, -0.05) is 20.8 Å². The predicted molar refractivity (Wildman–Crippen MR) is 81.5 cm³/mol. The van der Waals surface area contributed by atoms with Gasteiger partial charge in [-0.05, 0) is 25.5 Å². The Balaban J connectivity index is 2.30. The SMILES string of the molecule is CC(C)n1cc(Oc2cc(CO)cc(C(C)(C)C)n2)cn1. The second-order valence-electron chi connectivity index (χ2n) is 6.46. The van der Waals surface area contributed by atoms with E-state index in [9.17, 15) is 5.11 Å². The van der Waals surface area contributed by atoms with Gasteiger partial charge in [0.2, 0.25) is 5.88 Å². The van der Waals surface area contributed by atoms with Crippen molar-refractivity contribution in [3.05, 3.63) is 35.8 Å². The summed E-state index contributed by atoms with van der Waals surface area (Å²) in [5.41, 5.74) is 1.58. The molecule has 5 heteroatoms. The first kappa shape index (κ1) is 15.5. The third-order valence-corrected chi connectivity index (χ3v) is 3.14. The Labute approximate surface area is 125 Å². The normalized spacial score (nSPS) is 12.0. The average molecular weight is 289 g/mol. The van der Waals surface area contributed by atoms with E-state index in [1.165, 1.54) is 0 Å². The Morgan fingerprint density at radius 3 is 2.52 bits per heavy atom. The summed E-state index contributed by atoms with van der Waals surface area (Å²) < 4.78 is 7.61. The van der Waals surface area contributed by atoms with Crippen LogP contribution in [0.3, 0.4) is 0 Å². The molecule has 0 aromatic carbocycles. The molecule has 0 spiro atoms. The largest absolute Gasteiger partial charge is 0.436 e. The van der Waals surface area contributed by atoms with Gasteiger partial charge in [0.05, 0.1) is 24.7 Å². The molecule has 0 radical (unpaired) electrons. The summed E-state index contributed by atoms with van der Waals surface area (Å²) in [6.45, 7) is 10.3. The van der Waals surface area contributed by atoms with Gasteiger partial charge in [-0.25, -0.2) is 4.98 Å². The van der Waals surface area contributed by atoms with Crippen molar-refractivity contribution in [2.24, 2.45) is 0 Å². The maximum Gasteiger partial charge on any atom is 0.219 e. The zero-order valence-electron chi connectivity index (χ0n) is 13.3. The lowest BCUT2D eigenvalue weighted by Gasteiger charge is -2.19. The highest BCUT2D eigenvalue weighted by Crippen LogP contribution is 2.27. The monoisotopic (exact) mass is 289 g/mol. The molecular weight excluding hydrogens is 266 g/mol. The Morgan fingerprint density at radius 2 is 2.00 bits per heavy atom. The van der Waals surface area contributed by atoms with Crippen molar-refractivity contribution in [1.82, 2.24) is 14.8 Å². The van der Waals surface area contributed by atoms with Crippen LogP contribution in [0.2, 0.25) is 0 Å². The summed E-state index contributed by atoms with van der Waals surface area (Å²) in [7, 11) is 0. The third-order valence-electron chi connectivity index (χ3n) is 3.14. The van der Waals surface area contributed by atoms with E-state index < -0.39 is 0 Å².